The first-order valence-electron chi connectivity index (χ1n) is 12.1. The highest BCUT2D eigenvalue weighted by atomic mass is 16.6. The van der Waals surface area contributed by atoms with Crippen LogP contribution in [0.25, 0.3) is 43.1 Å². The van der Waals surface area contributed by atoms with Crippen molar-refractivity contribution in [3.63, 3.8) is 0 Å². The van der Waals surface area contributed by atoms with E-state index in [0.29, 0.717) is 38.1 Å². The van der Waals surface area contributed by atoms with Crippen molar-refractivity contribution in [1.29, 1.82) is 0 Å². The molecule has 0 N–H and O–H groups in total. The molecule has 11 heteroatoms. The summed E-state index contributed by atoms with van der Waals surface area (Å²) in [5.74, 6) is -2.82. The lowest BCUT2D eigenvalue weighted by Crippen LogP contribution is -2.20. The molecule has 0 spiro atoms. The van der Waals surface area contributed by atoms with E-state index in [-0.39, 0.29) is 16.8 Å². The third-order valence-electron chi connectivity index (χ3n) is 7.07. The van der Waals surface area contributed by atoms with Crippen LogP contribution in [0.5, 0.6) is 0 Å². The molecule has 0 amide bonds. The number of non-ortho nitro benzene ring substituents is 1. The lowest BCUT2D eigenvalue weighted by molar-refractivity contribution is -0.384. The third-order valence-corrected chi connectivity index (χ3v) is 7.07. The van der Waals surface area contributed by atoms with E-state index in [1.165, 1.54) is 6.07 Å². The predicted octanol–water partition coefficient (Wildman–Crippen LogP) is 5.31. The third kappa shape index (κ3) is 3.60. The van der Waals surface area contributed by atoms with Crippen molar-refractivity contribution in [2.45, 2.75) is 0 Å². The maximum atomic E-state index is 11.9. The molecule has 196 valence electrons. The molecule has 0 unspecified atom stereocenters. The Balaban J connectivity index is 0.000000136. The van der Waals surface area contributed by atoms with Gasteiger partial charge in [-0.25, -0.2) is 19.2 Å². The molecule has 11 nitrogen and oxygen atoms in total. The molecule has 0 atom stereocenters. The first-order valence-corrected chi connectivity index (χ1v) is 12.1. The first kappa shape index (κ1) is 24.0. The summed E-state index contributed by atoms with van der Waals surface area (Å²) in [4.78, 5) is 66.0. The summed E-state index contributed by atoms with van der Waals surface area (Å²) in [5.41, 5.74) is 0.859. The van der Waals surface area contributed by atoms with Crippen LogP contribution in [0.3, 0.4) is 0 Å². The number of hydrogen-bond acceptors (Lipinski definition) is 10. The van der Waals surface area contributed by atoms with Crippen LogP contribution in [0, 0.1) is 10.1 Å². The van der Waals surface area contributed by atoms with Gasteiger partial charge in [-0.15, -0.1) is 0 Å². The number of nitro groups is 1. The summed E-state index contributed by atoms with van der Waals surface area (Å²) in [6, 6.07) is 14.7. The fraction of sp³-hybridized carbons (Fsp3) is 0. The second-order valence-electron chi connectivity index (χ2n) is 9.30. The van der Waals surface area contributed by atoms with Gasteiger partial charge in [-0.3, -0.25) is 20.1 Å². The molecule has 2 aromatic heterocycles. The van der Waals surface area contributed by atoms with E-state index < -0.39 is 28.8 Å². The predicted molar refractivity (Wildman–Crippen MR) is 145 cm³/mol. The number of hydrogen-bond donors (Lipinski definition) is 0. The minimum Gasteiger partial charge on any atom is -0.386 e. The van der Waals surface area contributed by atoms with Gasteiger partial charge < -0.3 is 9.47 Å². The molecular weight excluding hydrogens is 530 g/mol. The Hall–Kier alpha value is -6.10. The Morgan fingerprint density at radius 2 is 1.10 bits per heavy atom. The van der Waals surface area contributed by atoms with E-state index in [4.69, 9.17) is 4.74 Å². The quantitative estimate of drug-likeness (QED) is 0.0876. The van der Waals surface area contributed by atoms with Crippen LogP contribution in [0.15, 0.2) is 79.4 Å². The Morgan fingerprint density at radius 3 is 1.68 bits per heavy atom. The SMILES string of the molecule is O=C1OC(=O)c2cc3cnccc3c3cc([N+](=O)[O-])cc1c23.O=C1OC(=O)c2cc3cnccc3c3cccc1c23. The molecule has 2 aliphatic heterocycles. The molecule has 0 radical (unpaired) electrons. The average molecular weight is 543 g/mol. The maximum absolute atomic E-state index is 11.9. The van der Waals surface area contributed by atoms with Gasteiger partial charge in [-0.2, -0.15) is 0 Å². The summed E-state index contributed by atoms with van der Waals surface area (Å²) in [7, 11) is 0. The number of esters is 4. The van der Waals surface area contributed by atoms with Crippen molar-refractivity contribution in [1.82, 2.24) is 9.97 Å². The van der Waals surface area contributed by atoms with Gasteiger partial charge in [0.2, 0.25) is 0 Å². The van der Waals surface area contributed by atoms with Gasteiger partial charge in [0.1, 0.15) is 0 Å². The zero-order valence-corrected chi connectivity index (χ0v) is 20.6. The average Bonchev–Trinajstić information content (AvgIpc) is 2.98. The van der Waals surface area contributed by atoms with Gasteiger partial charge in [-0.05, 0) is 51.9 Å². The highest BCUT2D eigenvalue weighted by molar-refractivity contribution is 6.27. The minimum atomic E-state index is -0.875. The molecule has 0 aliphatic carbocycles. The van der Waals surface area contributed by atoms with E-state index in [1.807, 2.05) is 12.1 Å². The van der Waals surface area contributed by atoms with E-state index in [0.717, 1.165) is 22.2 Å². The summed E-state index contributed by atoms with van der Waals surface area (Å²) in [6.07, 6.45) is 6.49. The number of nitrogens with zero attached hydrogens (tertiary/aromatic N) is 3. The second-order valence-corrected chi connectivity index (χ2v) is 9.30. The monoisotopic (exact) mass is 543 g/mol. The van der Waals surface area contributed by atoms with Crippen LogP contribution < -0.4 is 0 Å². The number of aromatic nitrogens is 2. The largest absolute Gasteiger partial charge is 0.386 e. The molecule has 41 heavy (non-hydrogen) atoms. The van der Waals surface area contributed by atoms with E-state index >= 15 is 0 Å². The molecular formula is C30H13N3O8. The van der Waals surface area contributed by atoms with Gasteiger partial charge in [-0.1, -0.05) is 12.1 Å². The summed E-state index contributed by atoms with van der Waals surface area (Å²) >= 11 is 0. The molecule has 0 fully saturated rings. The van der Waals surface area contributed by atoms with E-state index in [9.17, 15) is 29.3 Å². The normalized spacial score (nSPS) is 13.7. The number of cyclic esters (lactones) is 4. The Labute approximate surface area is 228 Å². The number of carbonyl (C=O) groups excluding carboxylic acids is 4. The summed E-state index contributed by atoms with van der Waals surface area (Å²) < 4.78 is 9.42. The van der Waals surface area contributed by atoms with Crippen LogP contribution in [-0.2, 0) is 9.47 Å². The fourth-order valence-corrected chi connectivity index (χ4v) is 5.33. The topological polar surface area (TPSA) is 156 Å². The zero-order chi connectivity index (χ0) is 28.4. The van der Waals surface area contributed by atoms with Crippen LogP contribution in [0.4, 0.5) is 5.69 Å². The van der Waals surface area contributed by atoms with Crippen molar-refractivity contribution < 1.29 is 33.6 Å². The number of nitro benzene ring substituents is 1. The van der Waals surface area contributed by atoms with Gasteiger partial charge in [0.25, 0.3) is 5.69 Å². The van der Waals surface area contributed by atoms with Crippen LogP contribution in [0.2, 0.25) is 0 Å². The number of benzene rings is 4. The number of fused-ring (bicyclic) bond motifs is 4. The van der Waals surface area contributed by atoms with Crippen LogP contribution >= 0.6 is 0 Å². The smallest absolute Gasteiger partial charge is 0.346 e. The second kappa shape index (κ2) is 8.71. The molecule has 8 rings (SSSR count). The summed E-state index contributed by atoms with van der Waals surface area (Å²) in [5, 5.41) is 16.6. The van der Waals surface area contributed by atoms with Crippen molar-refractivity contribution in [2.75, 3.05) is 0 Å². The molecule has 0 bridgehead atoms. The number of carbonyl (C=O) groups is 4. The lowest BCUT2D eigenvalue weighted by atomic mass is 9.92. The molecule has 0 saturated carbocycles. The van der Waals surface area contributed by atoms with E-state index in [2.05, 4.69) is 14.7 Å². The van der Waals surface area contributed by atoms with Gasteiger partial charge >= 0.3 is 23.9 Å². The lowest BCUT2D eigenvalue weighted by Gasteiger charge is -2.16. The van der Waals surface area contributed by atoms with Crippen molar-refractivity contribution in [2.24, 2.45) is 0 Å². The van der Waals surface area contributed by atoms with Gasteiger partial charge in [0.15, 0.2) is 0 Å². The molecule has 4 heterocycles. The van der Waals surface area contributed by atoms with Gasteiger partial charge in [0.05, 0.1) is 27.2 Å². The van der Waals surface area contributed by atoms with Crippen LogP contribution in [0.1, 0.15) is 41.4 Å². The van der Waals surface area contributed by atoms with Crippen molar-refractivity contribution >= 4 is 72.7 Å². The Kier molecular flexibility index (Phi) is 5.09. The standard InChI is InChI=1S/C15H6N2O5.C15H7NO3/c18-14-11-3-7-6-16-2-1-9(7)10-4-8(17(20)21)5-12(13(10)11)15(19)22-14;17-14-11-3-1-2-10-9-4-5-16-7-8(9)6-12(13(10)11)15(18)19-14/h1-6H;1-7H. The number of pyridine rings is 2. The van der Waals surface area contributed by atoms with E-state index in [1.54, 1.807) is 55.1 Å². The summed E-state index contributed by atoms with van der Waals surface area (Å²) in [6.45, 7) is 0. The Bertz CT molecular complexity index is 2220. The molecule has 4 aromatic carbocycles. The van der Waals surface area contributed by atoms with Crippen molar-refractivity contribution in [3.8, 4) is 0 Å². The number of ether oxygens (including phenoxy) is 2. The Morgan fingerprint density at radius 1 is 0.585 bits per heavy atom. The van der Waals surface area contributed by atoms with Crippen LogP contribution in [-0.4, -0.2) is 38.8 Å². The van der Waals surface area contributed by atoms with Gasteiger partial charge in [0, 0.05) is 58.5 Å². The first-order chi connectivity index (χ1) is 19.8. The highest BCUT2D eigenvalue weighted by Crippen LogP contribution is 2.37. The zero-order valence-electron chi connectivity index (χ0n) is 20.6. The molecule has 0 saturated heterocycles. The molecule has 2 aliphatic rings. The van der Waals surface area contributed by atoms with Crippen molar-refractivity contribution in [3.05, 3.63) is 112 Å². The number of rotatable bonds is 1. The highest BCUT2D eigenvalue weighted by Gasteiger charge is 2.31. The molecule has 6 aromatic rings. The fourth-order valence-electron chi connectivity index (χ4n) is 5.33. The maximum Gasteiger partial charge on any atom is 0.346 e. The minimum absolute atomic E-state index is 0.0255.